The summed E-state index contributed by atoms with van der Waals surface area (Å²) in [6.45, 7) is 0.656. The maximum absolute atomic E-state index is 12.5. The molecule has 1 atom stereocenters. The van der Waals surface area contributed by atoms with Gasteiger partial charge in [0.25, 0.3) is 0 Å². The topological polar surface area (TPSA) is 44.1 Å². The van der Waals surface area contributed by atoms with Crippen LogP contribution in [0.1, 0.15) is 40.4 Å². The third kappa shape index (κ3) is 3.68. The van der Waals surface area contributed by atoms with Crippen molar-refractivity contribution < 1.29 is 9.53 Å². The van der Waals surface area contributed by atoms with E-state index in [9.17, 15) is 4.79 Å². The molecule has 0 amide bonds. The second-order valence-electron chi connectivity index (χ2n) is 7.53. The summed E-state index contributed by atoms with van der Waals surface area (Å²) in [5.41, 5.74) is 5.26. The lowest BCUT2D eigenvalue weighted by Crippen LogP contribution is -2.17. The van der Waals surface area contributed by atoms with Gasteiger partial charge in [-0.25, -0.2) is 4.98 Å². The van der Waals surface area contributed by atoms with Crippen LogP contribution in [-0.2, 0) is 13.0 Å². The first kappa shape index (κ1) is 18.8. The SMILES string of the molecule is O=C1CCCc2c1ccc(OC(Cn1ccnc1)c1ccccc1)c2-c1ccsc1. The first-order chi connectivity index (χ1) is 14.8. The van der Waals surface area contributed by atoms with Crippen molar-refractivity contribution in [2.24, 2.45) is 0 Å². The average molecular weight is 415 g/mol. The van der Waals surface area contributed by atoms with Gasteiger partial charge in [0.1, 0.15) is 11.9 Å². The van der Waals surface area contributed by atoms with Gasteiger partial charge < -0.3 is 9.30 Å². The first-order valence-electron chi connectivity index (χ1n) is 10.2. The summed E-state index contributed by atoms with van der Waals surface area (Å²) >= 11 is 1.66. The number of aromatic nitrogens is 2. The number of ketones is 1. The molecule has 2 aromatic carbocycles. The monoisotopic (exact) mass is 414 g/mol. The molecule has 1 aliphatic carbocycles. The fourth-order valence-corrected chi connectivity index (χ4v) is 4.79. The predicted molar refractivity (Wildman–Crippen MR) is 119 cm³/mol. The minimum absolute atomic E-state index is 0.171. The number of carbonyl (C=O) groups excluding carboxylic acids is 1. The molecule has 1 aliphatic rings. The van der Waals surface area contributed by atoms with E-state index in [1.807, 2.05) is 47.4 Å². The Kier molecular flexibility index (Phi) is 5.20. The molecule has 4 aromatic rings. The van der Waals surface area contributed by atoms with Crippen molar-refractivity contribution in [2.75, 3.05) is 0 Å². The van der Waals surface area contributed by atoms with E-state index >= 15 is 0 Å². The molecule has 2 heterocycles. The van der Waals surface area contributed by atoms with E-state index in [1.54, 1.807) is 17.5 Å². The predicted octanol–water partition coefficient (Wildman–Crippen LogP) is 5.95. The summed E-state index contributed by atoms with van der Waals surface area (Å²) in [4.78, 5) is 16.7. The zero-order valence-electron chi connectivity index (χ0n) is 16.5. The van der Waals surface area contributed by atoms with E-state index in [0.29, 0.717) is 13.0 Å². The number of Topliss-reactive ketones (excluding diaryl/α,β-unsaturated/α-hetero) is 1. The van der Waals surface area contributed by atoms with Crippen LogP contribution in [0.5, 0.6) is 5.75 Å². The normalized spacial score (nSPS) is 14.3. The molecule has 0 saturated heterocycles. The quantitative estimate of drug-likeness (QED) is 0.391. The summed E-state index contributed by atoms with van der Waals surface area (Å²) in [5.74, 6) is 1.06. The highest BCUT2D eigenvalue weighted by Gasteiger charge is 2.25. The van der Waals surface area contributed by atoms with Gasteiger partial charge >= 0.3 is 0 Å². The number of nitrogens with zero attached hydrogens (tertiary/aromatic N) is 2. The molecule has 0 saturated carbocycles. The second-order valence-corrected chi connectivity index (χ2v) is 8.31. The standard InChI is InChI=1S/C25H22N2O2S/c28-22-8-4-7-21-20(22)9-10-23(25(21)19-11-14-30-16-19)29-24(15-27-13-12-26-17-27)18-5-2-1-3-6-18/h1-3,5-6,9-14,16-17,24H,4,7-8,15H2. The van der Waals surface area contributed by atoms with Crippen LogP contribution >= 0.6 is 11.3 Å². The molecule has 1 unspecified atom stereocenters. The Hall–Kier alpha value is -3.18. The van der Waals surface area contributed by atoms with E-state index in [4.69, 9.17) is 4.74 Å². The number of carbonyl (C=O) groups is 1. The van der Waals surface area contributed by atoms with Gasteiger partial charge in [0.2, 0.25) is 0 Å². The first-order valence-corrected chi connectivity index (χ1v) is 11.1. The molecular formula is C25H22N2O2S. The summed E-state index contributed by atoms with van der Waals surface area (Å²) < 4.78 is 8.71. The molecule has 0 radical (unpaired) electrons. The van der Waals surface area contributed by atoms with Crippen LogP contribution in [0.2, 0.25) is 0 Å². The second kappa shape index (κ2) is 8.28. The Morgan fingerprint density at radius 3 is 2.77 bits per heavy atom. The van der Waals surface area contributed by atoms with Gasteiger partial charge in [-0.05, 0) is 58.5 Å². The van der Waals surface area contributed by atoms with Gasteiger partial charge in [-0.3, -0.25) is 4.79 Å². The third-order valence-electron chi connectivity index (χ3n) is 5.59. The van der Waals surface area contributed by atoms with Crippen LogP contribution < -0.4 is 4.74 Å². The molecule has 30 heavy (non-hydrogen) atoms. The van der Waals surface area contributed by atoms with Gasteiger partial charge in [0, 0.05) is 29.9 Å². The average Bonchev–Trinajstić information content (AvgIpc) is 3.48. The number of thiophene rings is 1. The maximum Gasteiger partial charge on any atom is 0.163 e. The number of hydrogen-bond donors (Lipinski definition) is 0. The van der Waals surface area contributed by atoms with Gasteiger partial charge in [-0.1, -0.05) is 30.3 Å². The van der Waals surface area contributed by atoms with Crippen LogP contribution in [-0.4, -0.2) is 15.3 Å². The Balaban J connectivity index is 1.59. The van der Waals surface area contributed by atoms with Crippen LogP contribution in [0.25, 0.3) is 11.1 Å². The van der Waals surface area contributed by atoms with E-state index in [2.05, 4.69) is 33.9 Å². The van der Waals surface area contributed by atoms with Gasteiger partial charge in [-0.15, -0.1) is 0 Å². The van der Waals surface area contributed by atoms with Crippen molar-refractivity contribution in [3.8, 4) is 16.9 Å². The molecule has 0 aliphatic heterocycles. The molecule has 0 fully saturated rings. The molecule has 150 valence electrons. The third-order valence-corrected chi connectivity index (χ3v) is 6.28. The number of imidazole rings is 1. The molecule has 5 heteroatoms. The number of fused-ring (bicyclic) bond motifs is 1. The number of ether oxygens (including phenoxy) is 1. The molecule has 5 rings (SSSR count). The summed E-state index contributed by atoms with van der Waals surface area (Å²) in [7, 11) is 0. The Morgan fingerprint density at radius 1 is 1.10 bits per heavy atom. The molecule has 0 bridgehead atoms. The minimum atomic E-state index is -0.171. The van der Waals surface area contributed by atoms with Crippen molar-refractivity contribution >= 4 is 17.1 Å². The fourth-order valence-electron chi connectivity index (χ4n) is 4.15. The summed E-state index contributed by atoms with van der Waals surface area (Å²) in [6.07, 6.45) is 7.79. The Morgan fingerprint density at radius 2 is 2.00 bits per heavy atom. The van der Waals surface area contributed by atoms with E-state index in [-0.39, 0.29) is 11.9 Å². The van der Waals surface area contributed by atoms with Crippen molar-refractivity contribution in [1.82, 2.24) is 9.55 Å². The number of benzene rings is 2. The highest BCUT2D eigenvalue weighted by molar-refractivity contribution is 7.08. The number of hydrogen-bond acceptors (Lipinski definition) is 4. The fraction of sp³-hybridized carbons (Fsp3) is 0.200. The maximum atomic E-state index is 12.5. The van der Waals surface area contributed by atoms with Crippen molar-refractivity contribution in [3.05, 3.63) is 94.7 Å². The van der Waals surface area contributed by atoms with E-state index < -0.39 is 0 Å². The lowest BCUT2D eigenvalue weighted by Gasteiger charge is -2.25. The number of rotatable bonds is 6. The summed E-state index contributed by atoms with van der Waals surface area (Å²) in [6, 6.07) is 16.3. The van der Waals surface area contributed by atoms with Crippen LogP contribution in [0, 0.1) is 0 Å². The highest BCUT2D eigenvalue weighted by Crippen LogP contribution is 2.41. The highest BCUT2D eigenvalue weighted by atomic mass is 32.1. The molecule has 0 N–H and O–H groups in total. The zero-order valence-corrected chi connectivity index (χ0v) is 17.3. The Bertz CT molecular complexity index is 1140. The van der Waals surface area contributed by atoms with Crippen molar-refractivity contribution in [1.29, 1.82) is 0 Å². The van der Waals surface area contributed by atoms with Crippen LogP contribution in [0.4, 0.5) is 0 Å². The van der Waals surface area contributed by atoms with Gasteiger partial charge in [-0.2, -0.15) is 11.3 Å². The molecule has 4 nitrogen and oxygen atoms in total. The molecule has 0 spiro atoms. The largest absolute Gasteiger partial charge is 0.483 e. The van der Waals surface area contributed by atoms with E-state index in [0.717, 1.165) is 46.4 Å². The summed E-state index contributed by atoms with van der Waals surface area (Å²) in [5, 5.41) is 4.21. The lowest BCUT2D eigenvalue weighted by molar-refractivity contribution is 0.0972. The molecular weight excluding hydrogens is 392 g/mol. The van der Waals surface area contributed by atoms with Crippen LogP contribution in [0.3, 0.4) is 0 Å². The Labute approximate surface area is 179 Å². The van der Waals surface area contributed by atoms with E-state index in [1.165, 1.54) is 0 Å². The lowest BCUT2D eigenvalue weighted by atomic mass is 9.85. The minimum Gasteiger partial charge on any atom is -0.483 e. The zero-order chi connectivity index (χ0) is 20.3. The van der Waals surface area contributed by atoms with Crippen molar-refractivity contribution in [3.63, 3.8) is 0 Å². The smallest absolute Gasteiger partial charge is 0.163 e. The van der Waals surface area contributed by atoms with Gasteiger partial charge in [0.15, 0.2) is 5.78 Å². The van der Waals surface area contributed by atoms with Gasteiger partial charge in [0.05, 0.1) is 12.9 Å². The van der Waals surface area contributed by atoms with Crippen LogP contribution in [0.15, 0.2) is 78.0 Å². The molecule has 2 aromatic heterocycles. The van der Waals surface area contributed by atoms with Crippen molar-refractivity contribution in [2.45, 2.75) is 31.9 Å².